The third-order valence-corrected chi connectivity index (χ3v) is 13.0. The van der Waals surface area contributed by atoms with E-state index in [1.165, 1.54) is 27.8 Å². The van der Waals surface area contributed by atoms with E-state index in [4.69, 9.17) is 19.4 Å². The maximum absolute atomic E-state index is 6.63. The summed E-state index contributed by atoms with van der Waals surface area (Å²) in [5, 5.41) is 0. The average Bonchev–Trinajstić information content (AvgIpc) is 3.66. The highest BCUT2D eigenvalue weighted by Gasteiger charge is 2.52. The van der Waals surface area contributed by atoms with Gasteiger partial charge in [-0.1, -0.05) is 170 Å². The molecule has 3 aliphatic rings. The van der Waals surface area contributed by atoms with Gasteiger partial charge in [-0.2, -0.15) is 0 Å². The van der Waals surface area contributed by atoms with Gasteiger partial charge in [0.25, 0.3) is 0 Å². The fourth-order valence-electron chi connectivity index (χ4n) is 10.2. The summed E-state index contributed by atoms with van der Waals surface area (Å²) in [6, 6.07) is 78.8. The van der Waals surface area contributed by atoms with Crippen LogP contribution in [0, 0.1) is 0 Å². The number of hydrogen-bond acceptors (Lipinski definition) is 5. The second-order valence-corrected chi connectivity index (χ2v) is 16.4. The van der Waals surface area contributed by atoms with Crippen molar-refractivity contribution in [3.63, 3.8) is 0 Å². The Labute approximate surface area is 371 Å². The predicted octanol–water partition coefficient (Wildman–Crippen LogP) is 15.2. The van der Waals surface area contributed by atoms with E-state index in [-0.39, 0.29) is 0 Å². The third-order valence-electron chi connectivity index (χ3n) is 13.0. The van der Waals surface area contributed by atoms with Crippen LogP contribution in [0.3, 0.4) is 0 Å². The summed E-state index contributed by atoms with van der Waals surface area (Å²) >= 11 is 0. The molecule has 1 spiro atoms. The normalized spacial score (nSPS) is 13.3. The number of aromatic nitrogens is 2. The van der Waals surface area contributed by atoms with E-state index < -0.39 is 5.41 Å². The van der Waals surface area contributed by atoms with Gasteiger partial charge < -0.3 is 14.4 Å². The van der Waals surface area contributed by atoms with Gasteiger partial charge in [-0.15, -0.1) is 0 Å². The predicted molar refractivity (Wildman–Crippen MR) is 256 cm³/mol. The summed E-state index contributed by atoms with van der Waals surface area (Å²) in [5.74, 6) is 4.09. The lowest BCUT2D eigenvalue weighted by Gasteiger charge is -2.40. The molecule has 5 heteroatoms. The minimum Gasteiger partial charge on any atom is -0.457 e. The molecule has 0 unspecified atom stereocenters. The Morgan fingerprint density at radius 2 is 0.812 bits per heavy atom. The Bertz CT molecular complexity index is 3360. The third kappa shape index (κ3) is 5.44. The maximum Gasteiger partial charge on any atom is 0.160 e. The van der Waals surface area contributed by atoms with Crippen molar-refractivity contribution in [1.29, 1.82) is 0 Å². The van der Waals surface area contributed by atoms with Crippen molar-refractivity contribution in [2.75, 3.05) is 4.90 Å². The van der Waals surface area contributed by atoms with E-state index in [0.29, 0.717) is 5.82 Å². The highest BCUT2D eigenvalue weighted by atomic mass is 16.5. The van der Waals surface area contributed by atoms with E-state index in [9.17, 15) is 0 Å². The van der Waals surface area contributed by atoms with E-state index in [0.717, 1.165) is 84.8 Å². The smallest absolute Gasteiger partial charge is 0.160 e. The molecule has 2 aliphatic heterocycles. The van der Waals surface area contributed by atoms with Crippen LogP contribution in [-0.4, -0.2) is 9.97 Å². The van der Waals surface area contributed by atoms with Crippen LogP contribution in [0.25, 0.3) is 56.2 Å². The largest absolute Gasteiger partial charge is 0.457 e. The van der Waals surface area contributed by atoms with Crippen LogP contribution >= 0.6 is 0 Å². The van der Waals surface area contributed by atoms with Crippen LogP contribution in [-0.2, 0) is 5.41 Å². The van der Waals surface area contributed by atoms with Crippen LogP contribution in [0.5, 0.6) is 23.0 Å². The fourth-order valence-corrected chi connectivity index (χ4v) is 10.2. The van der Waals surface area contributed by atoms with Crippen molar-refractivity contribution in [3.05, 3.63) is 247 Å². The number of hydrogen-bond donors (Lipinski definition) is 0. The summed E-state index contributed by atoms with van der Waals surface area (Å²) in [4.78, 5) is 12.6. The van der Waals surface area contributed by atoms with Crippen molar-refractivity contribution < 1.29 is 9.47 Å². The number of fused-ring (bicyclic) bond motifs is 11. The molecule has 300 valence electrons. The lowest BCUT2D eigenvalue weighted by molar-refractivity contribution is 0.436. The molecule has 3 heterocycles. The molecule has 13 rings (SSSR count). The van der Waals surface area contributed by atoms with Crippen LogP contribution in [0.1, 0.15) is 22.3 Å². The van der Waals surface area contributed by atoms with Crippen molar-refractivity contribution >= 4 is 17.1 Å². The van der Waals surface area contributed by atoms with E-state index in [1.807, 2.05) is 54.6 Å². The summed E-state index contributed by atoms with van der Waals surface area (Å²) < 4.78 is 12.9. The van der Waals surface area contributed by atoms with Gasteiger partial charge in [0, 0.05) is 33.5 Å². The number of benzene rings is 9. The molecule has 1 aromatic heterocycles. The molecular formula is C59H37N3O2. The fraction of sp³-hybridized carbons (Fsp3) is 0.0169. The SMILES string of the molecule is c1ccc(-c2nc(-c3ccc(-c4cccc5c4C4(c6ccccc6Oc6ccccc64)c4ccccc4-5)cc3)cc(-c3ccc(N4c5ccccc5Oc5ccccc54)cc3)n2)cc1. The minimum absolute atomic E-state index is 0.567. The van der Waals surface area contributed by atoms with Gasteiger partial charge in [-0.05, 0) is 88.0 Å². The Hall–Kier alpha value is -8.54. The first-order valence-electron chi connectivity index (χ1n) is 21.6. The molecule has 64 heavy (non-hydrogen) atoms. The summed E-state index contributed by atoms with van der Waals surface area (Å²) in [7, 11) is 0. The topological polar surface area (TPSA) is 47.5 Å². The van der Waals surface area contributed by atoms with Crippen LogP contribution < -0.4 is 14.4 Å². The van der Waals surface area contributed by atoms with E-state index >= 15 is 0 Å². The van der Waals surface area contributed by atoms with Gasteiger partial charge in [0.1, 0.15) is 11.5 Å². The average molecular weight is 820 g/mol. The molecule has 1 aliphatic carbocycles. The highest BCUT2D eigenvalue weighted by molar-refractivity contribution is 5.94. The Balaban J connectivity index is 0.921. The lowest BCUT2D eigenvalue weighted by atomic mass is 9.64. The first kappa shape index (κ1) is 36.1. The summed E-state index contributed by atoms with van der Waals surface area (Å²) in [6.45, 7) is 0. The first-order valence-corrected chi connectivity index (χ1v) is 21.6. The molecule has 9 aromatic carbocycles. The first-order chi connectivity index (χ1) is 31.7. The van der Waals surface area contributed by atoms with Crippen LogP contribution in [0.15, 0.2) is 224 Å². The highest BCUT2D eigenvalue weighted by Crippen LogP contribution is 2.63. The molecule has 10 aromatic rings. The summed E-state index contributed by atoms with van der Waals surface area (Å²) in [6.07, 6.45) is 0. The van der Waals surface area contributed by atoms with Crippen molar-refractivity contribution in [2.24, 2.45) is 0 Å². The van der Waals surface area contributed by atoms with Crippen molar-refractivity contribution in [3.8, 4) is 79.2 Å². The zero-order chi connectivity index (χ0) is 42.2. The quantitative estimate of drug-likeness (QED) is 0.173. The zero-order valence-corrected chi connectivity index (χ0v) is 34.5. The molecule has 0 radical (unpaired) electrons. The molecule has 0 amide bonds. The molecule has 5 nitrogen and oxygen atoms in total. The number of rotatable bonds is 5. The number of anilines is 3. The zero-order valence-electron chi connectivity index (χ0n) is 34.5. The van der Waals surface area contributed by atoms with Gasteiger partial charge in [0.05, 0.1) is 28.2 Å². The maximum atomic E-state index is 6.63. The molecule has 0 fully saturated rings. The molecular weight excluding hydrogens is 783 g/mol. The lowest BCUT2D eigenvalue weighted by Crippen LogP contribution is -2.32. The van der Waals surface area contributed by atoms with Crippen LogP contribution in [0.4, 0.5) is 17.1 Å². The Morgan fingerprint density at radius 1 is 0.344 bits per heavy atom. The monoisotopic (exact) mass is 819 g/mol. The number of nitrogens with zero attached hydrogens (tertiary/aromatic N) is 3. The summed E-state index contributed by atoms with van der Waals surface area (Å²) in [5.41, 5.74) is 16.8. The molecule has 0 atom stereocenters. The van der Waals surface area contributed by atoms with Gasteiger partial charge in [-0.3, -0.25) is 0 Å². The number of para-hydroxylation sites is 6. The van der Waals surface area contributed by atoms with Crippen molar-refractivity contribution in [1.82, 2.24) is 9.97 Å². The molecule has 0 N–H and O–H groups in total. The van der Waals surface area contributed by atoms with Gasteiger partial charge in [0.2, 0.25) is 0 Å². The van der Waals surface area contributed by atoms with Crippen LogP contribution in [0.2, 0.25) is 0 Å². The van der Waals surface area contributed by atoms with Gasteiger partial charge >= 0.3 is 0 Å². The standard InChI is InChI=1S/C59H37N3O2/c1-2-15-41(16-3-1)58-60-49(37-50(61-58)40-33-35-42(36-34-40)62-51-23-8-12-27-55(51)64-56-28-13-9-24-52(56)62)39-31-29-38(30-32-39)43-18-14-19-45-44-17-4-5-20-46(44)59(57(43)45)47-21-6-10-25-53(47)63-54-26-11-7-22-48(54)59/h1-37H. The van der Waals surface area contributed by atoms with Gasteiger partial charge in [-0.25, -0.2) is 9.97 Å². The molecule has 0 bridgehead atoms. The van der Waals surface area contributed by atoms with Gasteiger partial charge in [0.15, 0.2) is 17.3 Å². The minimum atomic E-state index is -0.567. The second-order valence-electron chi connectivity index (χ2n) is 16.4. The molecule has 0 saturated carbocycles. The Kier molecular flexibility index (Phi) is 8.06. The second kappa shape index (κ2) is 14.3. The number of ether oxygens (including phenoxy) is 2. The van der Waals surface area contributed by atoms with E-state index in [1.54, 1.807) is 0 Å². The Morgan fingerprint density at radius 3 is 1.45 bits per heavy atom. The van der Waals surface area contributed by atoms with E-state index in [2.05, 4.69) is 175 Å². The molecule has 0 saturated heterocycles. The van der Waals surface area contributed by atoms with Crippen molar-refractivity contribution in [2.45, 2.75) is 5.41 Å².